The van der Waals surface area contributed by atoms with Crippen molar-refractivity contribution >= 4 is 69.8 Å². The first-order valence-electron chi connectivity index (χ1n) is 12.6. The number of halogens is 1. The van der Waals surface area contributed by atoms with Crippen LogP contribution in [0.2, 0.25) is 0 Å². The van der Waals surface area contributed by atoms with Crippen LogP contribution >= 0.6 is 15.9 Å². The van der Waals surface area contributed by atoms with E-state index >= 15 is 0 Å². The second kappa shape index (κ2) is 7.54. The molecule has 0 aromatic heterocycles. The van der Waals surface area contributed by atoms with Crippen LogP contribution in [0.15, 0.2) is 95.5 Å². The fourth-order valence-corrected chi connectivity index (χ4v) is 6.79. The van der Waals surface area contributed by atoms with E-state index in [2.05, 4.69) is 135 Å². The van der Waals surface area contributed by atoms with E-state index in [1.807, 2.05) is 0 Å². The first-order chi connectivity index (χ1) is 17.3. The molecule has 7 aromatic rings. The van der Waals surface area contributed by atoms with Gasteiger partial charge >= 0.3 is 0 Å². The monoisotopic (exact) mass is 526 g/mol. The number of benzene rings is 7. The Labute approximate surface area is 220 Å². The van der Waals surface area contributed by atoms with Gasteiger partial charge in [0, 0.05) is 4.47 Å². The molecule has 0 bridgehead atoms. The Morgan fingerprint density at radius 1 is 0.556 bits per heavy atom. The van der Waals surface area contributed by atoms with Gasteiger partial charge in [0.2, 0.25) is 0 Å². The van der Waals surface area contributed by atoms with Gasteiger partial charge in [0.1, 0.15) is 0 Å². The van der Waals surface area contributed by atoms with Crippen molar-refractivity contribution in [3.63, 3.8) is 0 Å². The Balaban J connectivity index is 1.69. The predicted octanol–water partition coefficient (Wildman–Crippen LogP) is 10.9. The highest BCUT2D eigenvalue weighted by Crippen LogP contribution is 2.47. The van der Waals surface area contributed by atoms with E-state index in [9.17, 15) is 0 Å². The number of fused-ring (bicyclic) bond motifs is 2. The van der Waals surface area contributed by atoms with Crippen molar-refractivity contribution in [1.29, 1.82) is 0 Å². The number of hydrogen-bond donors (Lipinski definition) is 0. The van der Waals surface area contributed by atoms with Crippen LogP contribution in [-0.2, 0) is 5.41 Å². The molecule has 1 heteroatoms. The summed E-state index contributed by atoms with van der Waals surface area (Å²) >= 11 is 3.93. The third-order valence-electron chi connectivity index (χ3n) is 7.92. The lowest BCUT2D eigenvalue weighted by molar-refractivity contribution is 0.591. The molecule has 0 atom stereocenters. The standard InChI is InChI=1S/C35H27Br/c1-20-17-30(32-25-9-5-7-11-28(25)34(36)29-12-8-6-10-26(29)32)27-16-14-22-19-23(35(2,3)4)18-21-13-15-24(20)33(27)31(21)22/h5-19H,1-4H3. The Morgan fingerprint density at radius 3 is 1.64 bits per heavy atom. The van der Waals surface area contributed by atoms with Gasteiger partial charge in [0.15, 0.2) is 0 Å². The Hall–Kier alpha value is -3.42. The maximum absolute atomic E-state index is 3.93. The zero-order valence-electron chi connectivity index (χ0n) is 21.0. The molecule has 7 rings (SSSR count). The number of hydrogen-bond acceptors (Lipinski definition) is 0. The molecule has 0 saturated heterocycles. The predicted molar refractivity (Wildman–Crippen MR) is 162 cm³/mol. The summed E-state index contributed by atoms with van der Waals surface area (Å²) in [4.78, 5) is 0. The van der Waals surface area contributed by atoms with Crippen molar-refractivity contribution in [3.8, 4) is 11.1 Å². The van der Waals surface area contributed by atoms with Crippen molar-refractivity contribution in [2.24, 2.45) is 0 Å². The topological polar surface area (TPSA) is 0 Å². The summed E-state index contributed by atoms with van der Waals surface area (Å²) in [7, 11) is 0. The zero-order valence-corrected chi connectivity index (χ0v) is 22.6. The number of aryl methyl sites for hydroxylation is 1. The summed E-state index contributed by atoms with van der Waals surface area (Å²) in [5.41, 5.74) is 5.45. The van der Waals surface area contributed by atoms with E-state index in [1.165, 1.54) is 80.6 Å². The lowest BCUT2D eigenvalue weighted by atomic mass is 9.81. The van der Waals surface area contributed by atoms with E-state index in [1.54, 1.807) is 0 Å². The largest absolute Gasteiger partial charge is 0.0616 e. The van der Waals surface area contributed by atoms with E-state index < -0.39 is 0 Å². The third-order valence-corrected chi connectivity index (χ3v) is 8.78. The van der Waals surface area contributed by atoms with Crippen LogP contribution in [0.4, 0.5) is 0 Å². The van der Waals surface area contributed by atoms with Crippen molar-refractivity contribution in [1.82, 2.24) is 0 Å². The molecule has 0 aliphatic rings. The minimum atomic E-state index is 0.112. The molecule has 0 fully saturated rings. The minimum absolute atomic E-state index is 0.112. The molecule has 0 spiro atoms. The van der Waals surface area contributed by atoms with Crippen LogP contribution in [0.25, 0.3) is 65.0 Å². The van der Waals surface area contributed by atoms with Crippen molar-refractivity contribution in [2.75, 3.05) is 0 Å². The summed E-state index contributed by atoms with van der Waals surface area (Å²) < 4.78 is 1.17. The zero-order chi connectivity index (χ0) is 24.8. The Bertz CT molecular complexity index is 1910. The number of rotatable bonds is 1. The maximum atomic E-state index is 3.93. The second-order valence-electron chi connectivity index (χ2n) is 11.2. The third kappa shape index (κ3) is 2.99. The Kier molecular flexibility index (Phi) is 4.57. The van der Waals surface area contributed by atoms with Gasteiger partial charge in [-0.1, -0.05) is 112 Å². The fourth-order valence-electron chi connectivity index (χ4n) is 6.10. The molecule has 0 amide bonds. The quantitative estimate of drug-likeness (QED) is 0.147. The molecule has 36 heavy (non-hydrogen) atoms. The molecule has 0 unspecified atom stereocenters. The summed E-state index contributed by atoms with van der Waals surface area (Å²) in [6.07, 6.45) is 0. The molecule has 7 aromatic carbocycles. The molecule has 0 saturated carbocycles. The molecule has 0 aliphatic carbocycles. The van der Waals surface area contributed by atoms with Crippen molar-refractivity contribution in [3.05, 3.63) is 107 Å². The van der Waals surface area contributed by atoms with Crippen LogP contribution in [0.5, 0.6) is 0 Å². The molecule has 0 radical (unpaired) electrons. The van der Waals surface area contributed by atoms with Crippen molar-refractivity contribution in [2.45, 2.75) is 33.1 Å². The highest BCUT2D eigenvalue weighted by atomic mass is 79.9. The molecular formula is C35H27Br. The summed E-state index contributed by atoms with van der Waals surface area (Å²) in [6, 6.07) is 34.1. The van der Waals surface area contributed by atoms with Crippen LogP contribution in [0.1, 0.15) is 31.9 Å². The second-order valence-corrected chi connectivity index (χ2v) is 12.0. The normalized spacial score (nSPS) is 12.6. The summed E-state index contributed by atoms with van der Waals surface area (Å²) in [6.45, 7) is 9.16. The SMILES string of the molecule is Cc1cc(-c2c3ccccc3c(Br)c3ccccc23)c2ccc3cc(C(C)(C)C)cc4ccc1c2c43. The average molecular weight is 528 g/mol. The average Bonchev–Trinajstić information content (AvgIpc) is 2.88. The molecule has 0 nitrogen and oxygen atoms in total. The lowest BCUT2D eigenvalue weighted by Crippen LogP contribution is -2.10. The highest BCUT2D eigenvalue weighted by Gasteiger charge is 2.21. The first-order valence-corrected chi connectivity index (χ1v) is 13.4. The van der Waals surface area contributed by atoms with Gasteiger partial charge in [-0.05, 0) is 104 Å². The summed E-state index contributed by atoms with van der Waals surface area (Å²) in [5, 5.41) is 13.2. The van der Waals surface area contributed by atoms with Gasteiger partial charge in [-0.2, -0.15) is 0 Å². The van der Waals surface area contributed by atoms with Crippen LogP contribution in [0.3, 0.4) is 0 Å². The smallest absolute Gasteiger partial charge is 0.0332 e. The van der Waals surface area contributed by atoms with E-state index in [0.717, 1.165) is 0 Å². The van der Waals surface area contributed by atoms with Crippen LogP contribution in [-0.4, -0.2) is 0 Å². The fraction of sp³-hybridized carbons (Fsp3) is 0.143. The molecule has 0 aliphatic heterocycles. The van der Waals surface area contributed by atoms with Crippen LogP contribution < -0.4 is 0 Å². The van der Waals surface area contributed by atoms with Gasteiger partial charge in [-0.3, -0.25) is 0 Å². The summed E-state index contributed by atoms with van der Waals surface area (Å²) in [5.74, 6) is 0. The van der Waals surface area contributed by atoms with E-state index in [-0.39, 0.29) is 5.41 Å². The first kappa shape index (κ1) is 21.8. The Morgan fingerprint density at radius 2 is 1.08 bits per heavy atom. The van der Waals surface area contributed by atoms with Gasteiger partial charge in [0.25, 0.3) is 0 Å². The van der Waals surface area contributed by atoms with Gasteiger partial charge in [0.05, 0.1) is 0 Å². The molecular weight excluding hydrogens is 500 g/mol. The van der Waals surface area contributed by atoms with Gasteiger partial charge in [-0.15, -0.1) is 0 Å². The molecule has 0 N–H and O–H groups in total. The highest BCUT2D eigenvalue weighted by molar-refractivity contribution is 9.10. The van der Waals surface area contributed by atoms with E-state index in [4.69, 9.17) is 0 Å². The lowest BCUT2D eigenvalue weighted by Gasteiger charge is -2.23. The minimum Gasteiger partial charge on any atom is -0.0616 e. The molecule has 174 valence electrons. The van der Waals surface area contributed by atoms with Gasteiger partial charge in [-0.25, -0.2) is 0 Å². The maximum Gasteiger partial charge on any atom is 0.0332 e. The van der Waals surface area contributed by atoms with Gasteiger partial charge < -0.3 is 0 Å². The van der Waals surface area contributed by atoms with Crippen molar-refractivity contribution < 1.29 is 0 Å². The van der Waals surface area contributed by atoms with Crippen LogP contribution in [0, 0.1) is 6.92 Å². The van der Waals surface area contributed by atoms with E-state index in [0.29, 0.717) is 0 Å². The molecule has 0 heterocycles.